The Labute approximate surface area is 118 Å². The molecule has 2 rings (SSSR count). The molecule has 0 N–H and O–H groups in total. The van der Waals surface area contributed by atoms with Crippen molar-refractivity contribution in [3.63, 3.8) is 0 Å². The van der Waals surface area contributed by atoms with Crippen molar-refractivity contribution in [2.24, 2.45) is 0 Å². The Morgan fingerprint density at radius 2 is 1.95 bits per heavy atom. The van der Waals surface area contributed by atoms with Crippen molar-refractivity contribution in [3.8, 4) is 11.4 Å². The molecule has 0 spiro atoms. The molecule has 0 saturated heterocycles. The summed E-state index contributed by atoms with van der Waals surface area (Å²) in [5, 5.41) is 0. The van der Waals surface area contributed by atoms with E-state index in [4.69, 9.17) is 9.47 Å². The van der Waals surface area contributed by atoms with Crippen LogP contribution in [0.15, 0.2) is 34.9 Å². The van der Waals surface area contributed by atoms with Crippen LogP contribution in [0.4, 0.5) is 4.39 Å². The molecule has 100 valence electrons. The van der Waals surface area contributed by atoms with Crippen LogP contribution in [0.1, 0.15) is 12.0 Å². The highest BCUT2D eigenvalue weighted by atomic mass is 79.9. The molecular weight excluding hydrogens is 315 g/mol. The molecule has 0 bridgehead atoms. The van der Waals surface area contributed by atoms with Crippen LogP contribution in [0.5, 0.6) is 0 Å². The van der Waals surface area contributed by atoms with Crippen LogP contribution in [-0.2, 0) is 9.47 Å². The van der Waals surface area contributed by atoms with Crippen LogP contribution < -0.4 is 0 Å². The maximum atomic E-state index is 13.4. The predicted molar refractivity (Wildman–Crippen MR) is 71.9 cm³/mol. The number of hydrogen-bond acceptors (Lipinski definition) is 4. The molecule has 0 fully saturated rings. The van der Waals surface area contributed by atoms with Gasteiger partial charge in [-0.3, -0.25) is 0 Å². The largest absolute Gasteiger partial charge is 0.350 e. The Bertz CT molecular complexity index is 556. The number of nitrogens with zero attached hydrogens (tertiary/aromatic N) is 2. The van der Waals surface area contributed by atoms with Gasteiger partial charge in [-0.05, 0) is 24.3 Å². The van der Waals surface area contributed by atoms with Crippen molar-refractivity contribution in [2.75, 3.05) is 14.2 Å². The van der Waals surface area contributed by atoms with E-state index in [2.05, 4.69) is 25.9 Å². The van der Waals surface area contributed by atoms with Gasteiger partial charge >= 0.3 is 0 Å². The Kier molecular flexibility index (Phi) is 4.57. The minimum atomic E-state index is -0.571. The van der Waals surface area contributed by atoms with Crippen LogP contribution in [-0.4, -0.2) is 24.2 Å². The quantitative estimate of drug-likeness (QED) is 0.808. The van der Waals surface area contributed by atoms with Crippen molar-refractivity contribution in [1.29, 1.82) is 0 Å². The monoisotopic (exact) mass is 326 g/mol. The van der Waals surface area contributed by atoms with Gasteiger partial charge in [0.05, 0.1) is 0 Å². The van der Waals surface area contributed by atoms with E-state index in [1.165, 1.54) is 26.4 Å². The van der Waals surface area contributed by atoms with Gasteiger partial charge in [0.1, 0.15) is 11.5 Å². The predicted octanol–water partition coefficient (Wildman–Crippen LogP) is 3.34. The lowest BCUT2D eigenvalue weighted by atomic mass is 10.2. The number of benzene rings is 1. The molecule has 0 aliphatic rings. The molecule has 6 heteroatoms. The highest BCUT2D eigenvalue weighted by molar-refractivity contribution is 9.10. The molecule has 19 heavy (non-hydrogen) atoms. The summed E-state index contributed by atoms with van der Waals surface area (Å²) in [4.78, 5) is 8.45. The molecular formula is C13H12BrFN2O2. The molecule has 0 saturated carbocycles. The fourth-order valence-electron chi connectivity index (χ4n) is 1.66. The SMILES string of the molecule is COC(OC)c1ccnc(-c2cc(F)cc(Br)c2)n1. The molecule has 0 radical (unpaired) electrons. The summed E-state index contributed by atoms with van der Waals surface area (Å²) < 4.78 is 24.3. The minimum Gasteiger partial charge on any atom is -0.350 e. The lowest BCUT2D eigenvalue weighted by Crippen LogP contribution is -2.07. The minimum absolute atomic E-state index is 0.353. The Morgan fingerprint density at radius 3 is 2.58 bits per heavy atom. The Hall–Kier alpha value is -1.37. The van der Waals surface area contributed by atoms with Crippen molar-refractivity contribution in [3.05, 3.63) is 46.4 Å². The molecule has 0 aliphatic carbocycles. The second-order valence-corrected chi connectivity index (χ2v) is 4.68. The molecule has 1 aromatic carbocycles. The number of halogens is 2. The number of hydrogen-bond donors (Lipinski definition) is 0. The lowest BCUT2D eigenvalue weighted by molar-refractivity contribution is -0.108. The first-order valence-electron chi connectivity index (χ1n) is 5.49. The van der Waals surface area contributed by atoms with E-state index in [-0.39, 0.29) is 5.82 Å². The van der Waals surface area contributed by atoms with Crippen molar-refractivity contribution in [1.82, 2.24) is 9.97 Å². The van der Waals surface area contributed by atoms with Gasteiger partial charge in [-0.2, -0.15) is 0 Å². The molecule has 1 aromatic heterocycles. The summed E-state index contributed by atoms with van der Waals surface area (Å²) in [6.07, 6.45) is 1.01. The summed E-state index contributed by atoms with van der Waals surface area (Å²) in [6, 6.07) is 6.19. The zero-order chi connectivity index (χ0) is 13.8. The van der Waals surface area contributed by atoms with Crippen molar-refractivity contribution in [2.45, 2.75) is 6.29 Å². The van der Waals surface area contributed by atoms with Crippen LogP contribution in [0.25, 0.3) is 11.4 Å². The van der Waals surface area contributed by atoms with Crippen LogP contribution in [0.2, 0.25) is 0 Å². The third-order valence-electron chi connectivity index (χ3n) is 2.47. The molecule has 2 aromatic rings. The van der Waals surface area contributed by atoms with E-state index in [1.807, 2.05) is 0 Å². The van der Waals surface area contributed by atoms with Crippen LogP contribution >= 0.6 is 15.9 Å². The van der Waals surface area contributed by atoms with Crippen LogP contribution in [0, 0.1) is 5.82 Å². The smallest absolute Gasteiger partial charge is 0.200 e. The number of rotatable bonds is 4. The van der Waals surface area contributed by atoms with E-state index < -0.39 is 6.29 Å². The number of ether oxygens (including phenoxy) is 2. The van der Waals surface area contributed by atoms with Gasteiger partial charge in [0, 0.05) is 30.5 Å². The van der Waals surface area contributed by atoms with E-state index in [1.54, 1.807) is 18.3 Å². The van der Waals surface area contributed by atoms with Gasteiger partial charge in [0.15, 0.2) is 5.82 Å². The third-order valence-corrected chi connectivity index (χ3v) is 2.93. The summed E-state index contributed by atoms with van der Waals surface area (Å²) in [5.41, 5.74) is 1.16. The van der Waals surface area contributed by atoms with Crippen molar-refractivity contribution < 1.29 is 13.9 Å². The van der Waals surface area contributed by atoms with Gasteiger partial charge < -0.3 is 9.47 Å². The molecule has 0 aliphatic heterocycles. The first kappa shape index (κ1) is 14.0. The maximum absolute atomic E-state index is 13.4. The average Bonchev–Trinajstić information content (AvgIpc) is 2.39. The zero-order valence-electron chi connectivity index (χ0n) is 10.4. The van der Waals surface area contributed by atoms with Gasteiger partial charge in [0.2, 0.25) is 6.29 Å². The van der Waals surface area contributed by atoms with Gasteiger partial charge in [-0.25, -0.2) is 14.4 Å². The summed E-state index contributed by atoms with van der Waals surface area (Å²) in [5.74, 6) is 0.0604. The van der Waals surface area contributed by atoms with E-state index in [9.17, 15) is 4.39 Å². The summed E-state index contributed by atoms with van der Waals surface area (Å²) in [6.45, 7) is 0. The fraction of sp³-hybridized carbons (Fsp3) is 0.231. The first-order chi connectivity index (χ1) is 9.13. The molecule has 0 atom stereocenters. The molecule has 1 heterocycles. The molecule has 4 nitrogen and oxygen atoms in total. The van der Waals surface area contributed by atoms with Crippen LogP contribution in [0.3, 0.4) is 0 Å². The van der Waals surface area contributed by atoms with Gasteiger partial charge in [-0.1, -0.05) is 15.9 Å². The van der Waals surface area contributed by atoms with E-state index in [0.29, 0.717) is 21.6 Å². The topological polar surface area (TPSA) is 44.2 Å². The second kappa shape index (κ2) is 6.18. The fourth-order valence-corrected chi connectivity index (χ4v) is 2.13. The van der Waals surface area contributed by atoms with Gasteiger partial charge in [-0.15, -0.1) is 0 Å². The Morgan fingerprint density at radius 1 is 1.21 bits per heavy atom. The Balaban J connectivity index is 2.42. The third kappa shape index (κ3) is 3.34. The molecule has 0 unspecified atom stereocenters. The highest BCUT2D eigenvalue weighted by Crippen LogP contribution is 2.23. The molecule has 0 amide bonds. The first-order valence-corrected chi connectivity index (χ1v) is 6.28. The highest BCUT2D eigenvalue weighted by Gasteiger charge is 2.13. The van der Waals surface area contributed by atoms with Crippen molar-refractivity contribution >= 4 is 15.9 Å². The van der Waals surface area contributed by atoms with E-state index in [0.717, 1.165) is 0 Å². The maximum Gasteiger partial charge on any atom is 0.200 e. The number of aromatic nitrogens is 2. The summed E-state index contributed by atoms with van der Waals surface area (Å²) in [7, 11) is 3.05. The van der Waals surface area contributed by atoms with Gasteiger partial charge in [0.25, 0.3) is 0 Å². The summed E-state index contributed by atoms with van der Waals surface area (Å²) >= 11 is 3.24. The number of methoxy groups -OCH3 is 2. The zero-order valence-corrected chi connectivity index (χ0v) is 12.0. The normalized spacial score (nSPS) is 11.0. The van der Waals surface area contributed by atoms with E-state index >= 15 is 0 Å². The average molecular weight is 327 g/mol. The standard InChI is InChI=1S/C13H12BrFN2O2/c1-18-13(19-2)11-3-4-16-12(17-11)8-5-9(14)7-10(15)6-8/h3-7,13H,1-2H3. The lowest BCUT2D eigenvalue weighted by Gasteiger charge is -2.13. The second-order valence-electron chi connectivity index (χ2n) is 3.77.